The quantitative estimate of drug-likeness (QED) is 0.212. The van der Waals surface area contributed by atoms with Crippen molar-refractivity contribution < 1.29 is 18.0 Å². The Labute approximate surface area is 263 Å². The highest BCUT2D eigenvalue weighted by Crippen LogP contribution is 2.71. The lowest BCUT2D eigenvalue weighted by Gasteiger charge is -2.75. The molecule has 4 aromatic rings. The van der Waals surface area contributed by atoms with Gasteiger partial charge in [0, 0.05) is 53.5 Å². The van der Waals surface area contributed by atoms with Crippen molar-refractivity contribution in [1.82, 2.24) is 24.8 Å². The second-order valence-electron chi connectivity index (χ2n) is 13.4. The molecule has 45 heavy (non-hydrogen) atoms. The van der Waals surface area contributed by atoms with Gasteiger partial charge in [0.25, 0.3) is 0 Å². The molecule has 1 atom stereocenters. The van der Waals surface area contributed by atoms with Crippen LogP contribution in [0.25, 0.3) is 21.1 Å². The minimum absolute atomic E-state index is 0.0619. The summed E-state index contributed by atoms with van der Waals surface area (Å²) >= 11 is 1.08. The van der Waals surface area contributed by atoms with Crippen molar-refractivity contribution in [3.8, 4) is 6.07 Å². The average molecular weight is 636 g/mol. The van der Waals surface area contributed by atoms with E-state index < -0.39 is 12.6 Å². The number of carbonyl (C=O) groups excluding carboxylic acids is 1. The third kappa shape index (κ3) is 5.14. The van der Waals surface area contributed by atoms with Crippen LogP contribution in [0.3, 0.4) is 0 Å². The molecule has 1 saturated heterocycles. The van der Waals surface area contributed by atoms with Crippen molar-refractivity contribution in [2.75, 3.05) is 18.4 Å². The fourth-order valence-electron chi connectivity index (χ4n) is 8.15. The Bertz CT molecular complexity index is 1840. The molecule has 4 fully saturated rings. The molecule has 3 aromatic heterocycles. The van der Waals surface area contributed by atoms with Gasteiger partial charge in [-0.05, 0) is 80.2 Å². The van der Waals surface area contributed by atoms with Crippen LogP contribution in [0.5, 0.6) is 0 Å². The summed E-state index contributed by atoms with van der Waals surface area (Å²) in [5.41, 5.74) is 4.27. The van der Waals surface area contributed by atoms with Gasteiger partial charge < -0.3 is 15.2 Å². The number of fused-ring (bicyclic) bond motifs is 2. The monoisotopic (exact) mass is 635 g/mol. The number of benzene rings is 1. The topological polar surface area (TPSA) is 98.9 Å². The fraction of sp³-hybridized carbons (Fsp3) is 0.515. The number of thiophene rings is 1. The summed E-state index contributed by atoms with van der Waals surface area (Å²) in [5.74, 6) is 1.54. The first kappa shape index (κ1) is 30.0. The summed E-state index contributed by atoms with van der Waals surface area (Å²) in [6.07, 6.45) is -0.706. The first-order valence-electron chi connectivity index (χ1n) is 15.5. The highest BCUT2D eigenvalue weighted by atomic mass is 32.1. The molecule has 0 radical (unpaired) electrons. The molecule has 12 heteroatoms. The molecule has 8 nitrogen and oxygen atoms in total. The summed E-state index contributed by atoms with van der Waals surface area (Å²) in [6.45, 7) is 9.47. The van der Waals surface area contributed by atoms with Gasteiger partial charge in [0.1, 0.15) is 28.2 Å². The van der Waals surface area contributed by atoms with Gasteiger partial charge in [0.2, 0.25) is 6.41 Å². The van der Waals surface area contributed by atoms with Gasteiger partial charge in [0.15, 0.2) is 0 Å². The third-order valence-electron chi connectivity index (χ3n) is 10.7. The van der Waals surface area contributed by atoms with E-state index >= 15 is 0 Å². The van der Waals surface area contributed by atoms with E-state index in [2.05, 4.69) is 62.1 Å². The molecule has 0 unspecified atom stereocenters. The van der Waals surface area contributed by atoms with E-state index in [1.807, 2.05) is 6.07 Å². The van der Waals surface area contributed by atoms with Crippen LogP contribution in [0.2, 0.25) is 0 Å². The summed E-state index contributed by atoms with van der Waals surface area (Å²) in [7, 11) is 0. The van der Waals surface area contributed by atoms with E-state index in [1.54, 1.807) is 13.0 Å². The zero-order valence-corrected chi connectivity index (χ0v) is 26.4. The van der Waals surface area contributed by atoms with Crippen LogP contribution in [-0.4, -0.2) is 56.7 Å². The van der Waals surface area contributed by atoms with Crippen LogP contribution in [0.4, 0.5) is 19.0 Å². The number of halogens is 3. The lowest BCUT2D eigenvalue weighted by Crippen LogP contribution is -2.80. The zero-order valence-electron chi connectivity index (χ0n) is 25.6. The molecule has 4 aliphatic rings. The van der Waals surface area contributed by atoms with Gasteiger partial charge in [-0.15, -0.1) is 11.3 Å². The number of nitriles is 1. The zero-order chi connectivity index (χ0) is 31.7. The van der Waals surface area contributed by atoms with Crippen LogP contribution >= 0.6 is 11.3 Å². The Hall–Kier alpha value is -3.69. The van der Waals surface area contributed by atoms with Crippen LogP contribution < -0.4 is 10.6 Å². The highest BCUT2D eigenvalue weighted by molar-refractivity contribution is 7.18. The van der Waals surface area contributed by atoms with E-state index in [-0.39, 0.29) is 21.9 Å². The summed E-state index contributed by atoms with van der Waals surface area (Å²) in [6, 6.07) is 10.5. The molecule has 3 aliphatic carbocycles. The molecule has 8 rings (SSSR count). The number of piperidine rings is 1. The van der Waals surface area contributed by atoms with Crippen LogP contribution in [0, 0.1) is 36.5 Å². The van der Waals surface area contributed by atoms with E-state index in [1.165, 1.54) is 11.1 Å². The predicted octanol–water partition coefficient (Wildman–Crippen LogP) is 6.23. The molecule has 4 heterocycles. The number of nitrogens with zero attached hydrogens (tertiary/aromatic N) is 5. The molecule has 0 spiro atoms. The fourth-order valence-corrected chi connectivity index (χ4v) is 9.25. The van der Waals surface area contributed by atoms with Crippen LogP contribution in [-0.2, 0) is 24.3 Å². The Morgan fingerprint density at radius 3 is 2.58 bits per heavy atom. The molecular formula is C33H36F3N7OS. The number of aryl methyl sites for hydroxylation is 2. The standard InChI is InChI=1S/C33H36F3N7OS/c1-19-22(4-5-28-26(19)10-24(13-37)43(28)17-31-15-32(16-31,20(31)2)38-18-44)14-42-8-6-23(7-9-42)41-29-27-11-25(12-33(34,35)36)45-30(27)40-21(3)39-29/h4-5,10-11,18,20,23H,6-9,12,14-17H2,1-3H3,(H,38,44)(H,39,40,41)/t20-,31?,32?/m0/s1. The van der Waals surface area contributed by atoms with Gasteiger partial charge in [-0.25, -0.2) is 9.97 Å². The summed E-state index contributed by atoms with van der Waals surface area (Å²) in [4.78, 5) is 23.3. The van der Waals surface area contributed by atoms with E-state index in [0.717, 1.165) is 80.5 Å². The second kappa shape index (κ2) is 10.7. The normalized spacial score (nSPS) is 25.1. The summed E-state index contributed by atoms with van der Waals surface area (Å²) in [5, 5.41) is 18.3. The van der Waals surface area contributed by atoms with Crippen molar-refractivity contribution in [1.29, 1.82) is 5.26 Å². The number of nitrogens with one attached hydrogen (secondary N) is 2. The van der Waals surface area contributed by atoms with Crippen molar-refractivity contribution in [2.45, 2.75) is 83.7 Å². The first-order chi connectivity index (χ1) is 21.4. The maximum atomic E-state index is 13.0. The summed E-state index contributed by atoms with van der Waals surface area (Å²) < 4.78 is 41.2. The van der Waals surface area contributed by atoms with E-state index in [9.17, 15) is 23.2 Å². The smallest absolute Gasteiger partial charge is 0.367 e. The highest BCUT2D eigenvalue weighted by Gasteiger charge is 2.73. The van der Waals surface area contributed by atoms with E-state index in [0.29, 0.717) is 33.5 Å². The molecule has 1 aliphatic heterocycles. The number of alkyl halides is 3. The van der Waals surface area contributed by atoms with Crippen molar-refractivity contribution in [3.05, 3.63) is 51.8 Å². The van der Waals surface area contributed by atoms with Gasteiger partial charge in [-0.3, -0.25) is 9.69 Å². The van der Waals surface area contributed by atoms with Crippen molar-refractivity contribution in [2.24, 2.45) is 11.3 Å². The second-order valence-corrected chi connectivity index (χ2v) is 14.5. The van der Waals surface area contributed by atoms with Gasteiger partial charge in [0.05, 0.1) is 11.8 Å². The Morgan fingerprint density at radius 1 is 1.16 bits per heavy atom. The molecule has 1 aromatic carbocycles. The molecule has 2 N–H and O–H groups in total. The Kier molecular flexibility index (Phi) is 7.13. The maximum absolute atomic E-state index is 13.0. The van der Waals surface area contributed by atoms with Gasteiger partial charge in [-0.2, -0.15) is 18.4 Å². The van der Waals surface area contributed by atoms with Crippen LogP contribution in [0.1, 0.15) is 60.1 Å². The number of carbonyl (C=O) groups is 1. The number of hydrogen-bond donors (Lipinski definition) is 2. The largest absolute Gasteiger partial charge is 0.393 e. The first-order valence-corrected chi connectivity index (χ1v) is 16.3. The minimum atomic E-state index is -4.26. The van der Waals surface area contributed by atoms with Crippen LogP contribution in [0.15, 0.2) is 24.3 Å². The molecule has 236 valence electrons. The average Bonchev–Trinajstić information content (AvgIpc) is 3.54. The lowest BCUT2D eigenvalue weighted by molar-refractivity contribution is -0.226. The van der Waals surface area contributed by atoms with Crippen molar-refractivity contribution in [3.63, 3.8) is 0 Å². The Balaban J connectivity index is 1.02. The third-order valence-corrected chi connectivity index (χ3v) is 11.8. The minimum Gasteiger partial charge on any atom is -0.367 e. The number of likely N-dealkylation sites (tertiary alicyclic amines) is 1. The lowest BCUT2D eigenvalue weighted by atomic mass is 9.33. The number of aromatic nitrogens is 3. The van der Waals surface area contributed by atoms with Gasteiger partial charge in [-0.1, -0.05) is 13.0 Å². The number of hydrogen-bond acceptors (Lipinski definition) is 7. The molecular weight excluding hydrogens is 599 g/mol. The number of rotatable bonds is 9. The Morgan fingerprint density at radius 2 is 1.91 bits per heavy atom. The van der Waals surface area contributed by atoms with E-state index in [4.69, 9.17) is 0 Å². The maximum Gasteiger partial charge on any atom is 0.393 e. The number of amides is 1. The van der Waals surface area contributed by atoms with Gasteiger partial charge >= 0.3 is 6.18 Å². The molecule has 3 saturated carbocycles. The molecule has 2 bridgehead atoms. The predicted molar refractivity (Wildman–Crippen MR) is 168 cm³/mol. The molecule has 1 amide bonds. The SMILES string of the molecule is Cc1nc(NC2CCN(Cc3ccc4c(cc(C#N)n4CC45CC(NC=O)(C4)[C@H]5C)c3C)CC2)c2cc(CC(F)(F)F)sc2n1. The number of anilines is 1. The van der Waals surface area contributed by atoms with Crippen molar-refractivity contribution >= 4 is 44.7 Å².